The van der Waals surface area contributed by atoms with Gasteiger partial charge in [0.25, 0.3) is 10.0 Å². The minimum atomic E-state index is -3.43. The molecule has 0 bridgehead atoms. The number of rotatable bonds is 7. The minimum Gasteiger partial charge on any atom is -0.313 e. The van der Waals surface area contributed by atoms with Crippen LogP contribution in [0.4, 0.5) is 0 Å². The van der Waals surface area contributed by atoms with Crippen molar-refractivity contribution < 1.29 is 8.42 Å². The predicted octanol–water partition coefficient (Wildman–Crippen LogP) is 1.22. The van der Waals surface area contributed by atoms with E-state index in [1.54, 1.807) is 32.3 Å². The molecule has 18 heavy (non-hydrogen) atoms. The Balaban J connectivity index is 2.77. The number of nitrogens with zero attached hydrogens (tertiary/aromatic N) is 2. The molecular weight excluding hydrogens is 250 g/mol. The van der Waals surface area contributed by atoms with Crippen molar-refractivity contribution in [1.29, 1.82) is 0 Å². The SMILES string of the molecule is CCCNCc1ccc(S(=O)(=O)N(C)CC)nc1. The highest BCUT2D eigenvalue weighted by atomic mass is 32.2. The normalized spacial score (nSPS) is 12.0. The molecule has 0 aromatic carbocycles. The van der Waals surface area contributed by atoms with Gasteiger partial charge in [-0.1, -0.05) is 19.9 Å². The molecule has 0 unspecified atom stereocenters. The summed E-state index contributed by atoms with van der Waals surface area (Å²) in [5.41, 5.74) is 0.988. The van der Waals surface area contributed by atoms with Crippen molar-refractivity contribution in [2.45, 2.75) is 31.8 Å². The Morgan fingerprint density at radius 2 is 2.06 bits per heavy atom. The molecule has 0 atom stereocenters. The maximum atomic E-state index is 12.0. The summed E-state index contributed by atoms with van der Waals surface area (Å²) < 4.78 is 25.2. The van der Waals surface area contributed by atoms with Gasteiger partial charge in [0.1, 0.15) is 0 Å². The van der Waals surface area contributed by atoms with Crippen molar-refractivity contribution in [3.8, 4) is 0 Å². The van der Waals surface area contributed by atoms with Crippen LogP contribution in [0.1, 0.15) is 25.8 Å². The molecule has 102 valence electrons. The van der Waals surface area contributed by atoms with Gasteiger partial charge in [0.2, 0.25) is 0 Å². The molecule has 1 aromatic rings. The Morgan fingerprint density at radius 3 is 2.56 bits per heavy atom. The average molecular weight is 271 g/mol. The molecule has 1 N–H and O–H groups in total. The van der Waals surface area contributed by atoms with Gasteiger partial charge in [0, 0.05) is 26.3 Å². The lowest BCUT2D eigenvalue weighted by atomic mass is 10.3. The first kappa shape index (κ1) is 15.1. The number of pyridine rings is 1. The summed E-state index contributed by atoms with van der Waals surface area (Å²) in [5, 5.41) is 3.35. The number of nitrogens with one attached hydrogen (secondary N) is 1. The monoisotopic (exact) mass is 271 g/mol. The lowest BCUT2D eigenvalue weighted by molar-refractivity contribution is 0.483. The van der Waals surface area contributed by atoms with E-state index in [1.807, 2.05) is 0 Å². The lowest BCUT2D eigenvalue weighted by Crippen LogP contribution is -2.27. The second kappa shape index (κ2) is 6.82. The summed E-state index contributed by atoms with van der Waals surface area (Å²) in [4.78, 5) is 4.03. The van der Waals surface area contributed by atoms with E-state index in [4.69, 9.17) is 0 Å². The second-order valence-corrected chi connectivity index (χ2v) is 6.09. The third kappa shape index (κ3) is 3.76. The Morgan fingerprint density at radius 1 is 1.33 bits per heavy atom. The summed E-state index contributed by atoms with van der Waals surface area (Å²) >= 11 is 0. The molecule has 0 saturated carbocycles. The smallest absolute Gasteiger partial charge is 0.260 e. The first-order valence-electron chi connectivity index (χ1n) is 6.14. The fourth-order valence-electron chi connectivity index (χ4n) is 1.41. The van der Waals surface area contributed by atoms with Crippen molar-refractivity contribution in [3.63, 3.8) is 0 Å². The molecule has 5 nitrogen and oxygen atoms in total. The third-order valence-electron chi connectivity index (χ3n) is 2.67. The number of hydrogen-bond donors (Lipinski definition) is 1. The zero-order valence-electron chi connectivity index (χ0n) is 11.2. The van der Waals surface area contributed by atoms with Crippen LogP contribution in [0, 0.1) is 0 Å². The van der Waals surface area contributed by atoms with Gasteiger partial charge in [0.05, 0.1) is 0 Å². The average Bonchev–Trinajstić information content (AvgIpc) is 2.38. The molecule has 0 saturated heterocycles. The van der Waals surface area contributed by atoms with Crippen molar-refractivity contribution >= 4 is 10.0 Å². The van der Waals surface area contributed by atoms with E-state index in [-0.39, 0.29) is 5.03 Å². The largest absolute Gasteiger partial charge is 0.313 e. The predicted molar refractivity (Wildman–Crippen MR) is 71.7 cm³/mol. The first-order valence-corrected chi connectivity index (χ1v) is 7.58. The Hall–Kier alpha value is -0.980. The fraction of sp³-hybridized carbons (Fsp3) is 0.583. The van der Waals surface area contributed by atoms with Gasteiger partial charge in [-0.15, -0.1) is 0 Å². The summed E-state index contributed by atoms with van der Waals surface area (Å²) in [6, 6.07) is 3.36. The molecule has 6 heteroatoms. The zero-order chi connectivity index (χ0) is 13.6. The molecule has 1 rings (SSSR count). The van der Waals surface area contributed by atoms with Gasteiger partial charge in [-0.3, -0.25) is 0 Å². The lowest BCUT2D eigenvalue weighted by Gasteiger charge is -2.14. The number of aromatic nitrogens is 1. The topological polar surface area (TPSA) is 62.3 Å². The zero-order valence-corrected chi connectivity index (χ0v) is 12.0. The van der Waals surface area contributed by atoms with Crippen molar-refractivity contribution in [3.05, 3.63) is 23.9 Å². The number of sulfonamides is 1. The maximum Gasteiger partial charge on any atom is 0.260 e. The van der Waals surface area contributed by atoms with Crippen LogP contribution >= 0.6 is 0 Å². The fourth-order valence-corrected chi connectivity index (χ4v) is 2.49. The summed E-state index contributed by atoms with van der Waals surface area (Å²) in [6.45, 7) is 5.98. The van der Waals surface area contributed by atoms with E-state index in [1.165, 1.54) is 4.31 Å². The molecule has 1 aromatic heterocycles. The third-order valence-corrected chi connectivity index (χ3v) is 4.52. The van der Waals surface area contributed by atoms with Gasteiger partial charge in [0.15, 0.2) is 5.03 Å². The van der Waals surface area contributed by atoms with Crippen LogP contribution < -0.4 is 5.32 Å². The van der Waals surface area contributed by atoms with Gasteiger partial charge < -0.3 is 5.32 Å². The van der Waals surface area contributed by atoms with Gasteiger partial charge >= 0.3 is 0 Å². The highest BCUT2D eigenvalue weighted by Crippen LogP contribution is 2.11. The van der Waals surface area contributed by atoms with Crippen LogP contribution in [0.15, 0.2) is 23.4 Å². The molecule has 0 radical (unpaired) electrons. The second-order valence-electron chi connectivity index (χ2n) is 4.10. The summed E-state index contributed by atoms with van der Waals surface area (Å²) in [6.07, 6.45) is 2.68. The van der Waals surface area contributed by atoms with E-state index in [0.29, 0.717) is 13.1 Å². The summed E-state index contributed by atoms with van der Waals surface area (Å²) in [5.74, 6) is 0. The molecule has 1 heterocycles. The summed E-state index contributed by atoms with van der Waals surface area (Å²) in [7, 11) is -1.88. The maximum absolute atomic E-state index is 12.0. The van der Waals surface area contributed by atoms with Gasteiger partial charge in [-0.05, 0) is 24.6 Å². The standard InChI is InChI=1S/C12H21N3O2S/c1-4-8-13-9-11-6-7-12(14-10-11)18(16,17)15(3)5-2/h6-7,10,13H,4-5,8-9H2,1-3H3. The van der Waals surface area contributed by atoms with E-state index < -0.39 is 10.0 Å². The van der Waals surface area contributed by atoms with Crippen molar-refractivity contribution in [1.82, 2.24) is 14.6 Å². The van der Waals surface area contributed by atoms with Gasteiger partial charge in [-0.25, -0.2) is 13.4 Å². The Kier molecular flexibility index (Phi) is 5.71. The highest BCUT2D eigenvalue weighted by Gasteiger charge is 2.20. The Labute approximate surface area is 109 Å². The molecule has 0 aliphatic heterocycles. The van der Waals surface area contributed by atoms with Gasteiger partial charge in [-0.2, -0.15) is 4.31 Å². The molecule has 0 aliphatic rings. The highest BCUT2D eigenvalue weighted by molar-refractivity contribution is 7.89. The van der Waals surface area contributed by atoms with E-state index in [0.717, 1.165) is 18.5 Å². The van der Waals surface area contributed by atoms with Crippen molar-refractivity contribution in [2.24, 2.45) is 0 Å². The first-order chi connectivity index (χ1) is 8.52. The minimum absolute atomic E-state index is 0.103. The van der Waals surface area contributed by atoms with Crippen LogP contribution in [0.25, 0.3) is 0 Å². The molecule has 0 aliphatic carbocycles. The van der Waals surface area contributed by atoms with E-state index in [2.05, 4.69) is 17.2 Å². The molecule has 0 spiro atoms. The van der Waals surface area contributed by atoms with Crippen LogP contribution in [0.2, 0.25) is 0 Å². The van der Waals surface area contributed by atoms with E-state index in [9.17, 15) is 8.42 Å². The quantitative estimate of drug-likeness (QED) is 0.758. The van der Waals surface area contributed by atoms with Crippen LogP contribution in [-0.2, 0) is 16.6 Å². The molecule has 0 amide bonds. The van der Waals surface area contributed by atoms with Crippen LogP contribution in [-0.4, -0.2) is 37.8 Å². The van der Waals surface area contributed by atoms with E-state index >= 15 is 0 Å². The van der Waals surface area contributed by atoms with Crippen molar-refractivity contribution in [2.75, 3.05) is 20.1 Å². The van der Waals surface area contributed by atoms with Crippen LogP contribution in [0.5, 0.6) is 0 Å². The number of hydrogen-bond acceptors (Lipinski definition) is 4. The molecular formula is C12H21N3O2S. The van der Waals surface area contributed by atoms with Crippen LogP contribution in [0.3, 0.4) is 0 Å². The molecule has 0 fully saturated rings. The Bertz CT molecular complexity index is 457.